The van der Waals surface area contributed by atoms with Gasteiger partial charge in [0.15, 0.2) is 0 Å². The lowest BCUT2D eigenvalue weighted by atomic mass is 9.97. The van der Waals surface area contributed by atoms with Crippen molar-refractivity contribution in [1.29, 1.82) is 0 Å². The van der Waals surface area contributed by atoms with Crippen LogP contribution >= 0.6 is 11.6 Å². The SMILES string of the molecule is CC(C)(C)CNCc1ccc(F)c(Cl)c1. The van der Waals surface area contributed by atoms with Crippen LogP contribution in [0.25, 0.3) is 0 Å². The standard InChI is InChI=1S/C12H17ClFN/c1-12(2,3)8-15-7-9-4-5-11(14)10(13)6-9/h4-6,15H,7-8H2,1-3H3. The van der Waals surface area contributed by atoms with E-state index in [4.69, 9.17) is 11.6 Å². The molecule has 1 N–H and O–H groups in total. The molecule has 15 heavy (non-hydrogen) atoms. The number of hydrogen-bond acceptors (Lipinski definition) is 1. The summed E-state index contributed by atoms with van der Waals surface area (Å²) in [4.78, 5) is 0. The first kappa shape index (κ1) is 12.5. The van der Waals surface area contributed by atoms with Crippen molar-refractivity contribution in [1.82, 2.24) is 5.32 Å². The second kappa shape index (κ2) is 4.95. The molecule has 0 saturated carbocycles. The summed E-state index contributed by atoms with van der Waals surface area (Å²) < 4.78 is 12.9. The van der Waals surface area contributed by atoms with Crippen molar-refractivity contribution >= 4 is 11.6 Å². The molecule has 1 nitrogen and oxygen atoms in total. The lowest BCUT2D eigenvalue weighted by Gasteiger charge is -2.18. The van der Waals surface area contributed by atoms with Crippen molar-refractivity contribution in [3.63, 3.8) is 0 Å². The molecule has 0 aromatic heterocycles. The Balaban J connectivity index is 2.48. The minimum atomic E-state index is -0.365. The third-order valence-electron chi connectivity index (χ3n) is 1.97. The number of hydrogen-bond donors (Lipinski definition) is 1. The highest BCUT2D eigenvalue weighted by Gasteiger charge is 2.09. The monoisotopic (exact) mass is 229 g/mol. The maximum Gasteiger partial charge on any atom is 0.141 e. The smallest absolute Gasteiger partial charge is 0.141 e. The first-order valence-electron chi connectivity index (χ1n) is 5.03. The van der Waals surface area contributed by atoms with E-state index in [0.717, 1.165) is 18.7 Å². The fourth-order valence-corrected chi connectivity index (χ4v) is 1.43. The quantitative estimate of drug-likeness (QED) is 0.835. The van der Waals surface area contributed by atoms with E-state index in [0.29, 0.717) is 0 Å². The summed E-state index contributed by atoms with van der Waals surface area (Å²) in [5.41, 5.74) is 1.26. The molecule has 0 bridgehead atoms. The molecule has 0 spiro atoms. The summed E-state index contributed by atoms with van der Waals surface area (Å²) in [6.07, 6.45) is 0. The normalized spacial score (nSPS) is 11.8. The molecule has 0 saturated heterocycles. The van der Waals surface area contributed by atoms with Crippen molar-refractivity contribution in [2.75, 3.05) is 6.54 Å². The Morgan fingerprint density at radius 2 is 2.00 bits per heavy atom. The number of nitrogens with one attached hydrogen (secondary N) is 1. The van der Waals surface area contributed by atoms with E-state index in [-0.39, 0.29) is 16.3 Å². The van der Waals surface area contributed by atoms with Crippen molar-refractivity contribution in [2.45, 2.75) is 27.3 Å². The number of rotatable bonds is 3. The van der Waals surface area contributed by atoms with E-state index >= 15 is 0 Å². The van der Waals surface area contributed by atoms with Crippen LogP contribution in [-0.2, 0) is 6.54 Å². The van der Waals surface area contributed by atoms with Gasteiger partial charge in [-0.25, -0.2) is 4.39 Å². The van der Waals surface area contributed by atoms with E-state index in [1.165, 1.54) is 6.07 Å². The average molecular weight is 230 g/mol. The molecule has 1 aromatic rings. The van der Waals surface area contributed by atoms with E-state index in [1.807, 2.05) is 0 Å². The molecule has 0 aliphatic rings. The van der Waals surface area contributed by atoms with Gasteiger partial charge < -0.3 is 5.32 Å². The van der Waals surface area contributed by atoms with E-state index in [1.54, 1.807) is 12.1 Å². The molecule has 0 aliphatic heterocycles. The highest BCUT2D eigenvalue weighted by Crippen LogP contribution is 2.16. The summed E-state index contributed by atoms with van der Waals surface area (Å²) in [5, 5.41) is 3.49. The second-order valence-electron chi connectivity index (χ2n) is 4.91. The minimum absolute atomic E-state index is 0.185. The summed E-state index contributed by atoms with van der Waals surface area (Å²) in [7, 11) is 0. The van der Waals surface area contributed by atoms with Gasteiger partial charge in [0.05, 0.1) is 5.02 Å². The largest absolute Gasteiger partial charge is 0.312 e. The second-order valence-corrected chi connectivity index (χ2v) is 5.32. The topological polar surface area (TPSA) is 12.0 Å². The Morgan fingerprint density at radius 1 is 1.33 bits per heavy atom. The molecule has 0 atom stereocenters. The zero-order valence-corrected chi connectivity index (χ0v) is 10.2. The van der Waals surface area contributed by atoms with Crippen LogP contribution in [0.15, 0.2) is 18.2 Å². The Hall–Kier alpha value is -0.600. The minimum Gasteiger partial charge on any atom is -0.312 e. The highest BCUT2D eigenvalue weighted by molar-refractivity contribution is 6.30. The predicted molar refractivity (Wildman–Crippen MR) is 62.6 cm³/mol. The van der Waals surface area contributed by atoms with E-state index in [9.17, 15) is 4.39 Å². The Bertz CT molecular complexity index is 331. The van der Waals surface area contributed by atoms with Crippen molar-refractivity contribution in [3.05, 3.63) is 34.6 Å². The lowest BCUT2D eigenvalue weighted by Crippen LogP contribution is -2.26. The van der Waals surface area contributed by atoms with Crippen LogP contribution < -0.4 is 5.32 Å². The van der Waals surface area contributed by atoms with Crippen LogP contribution in [0.3, 0.4) is 0 Å². The maximum absolute atomic E-state index is 12.9. The molecular weight excluding hydrogens is 213 g/mol. The van der Waals surface area contributed by atoms with Gasteiger partial charge in [-0.3, -0.25) is 0 Å². The summed E-state index contributed by atoms with van der Waals surface area (Å²) in [6, 6.07) is 4.81. The van der Waals surface area contributed by atoms with Gasteiger partial charge in [0, 0.05) is 13.1 Å². The Labute approximate surface area is 95.6 Å². The van der Waals surface area contributed by atoms with Gasteiger partial charge in [-0.1, -0.05) is 38.4 Å². The number of benzene rings is 1. The van der Waals surface area contributed by atoms with E-state index in [2.05, 4.69) is 26.1 Å². The van der Waals surface area contributed by atoms with Gasteiger partial charge in [-0.05, 0) is 23.1 Å². The molecule has 0 radical (unpaired) electrons. The molecule has 0 fully saturated rings. The van der Waals surface area contributed by atoms with Crippen LogP contribution in [0, 0.1) is 11.2 Å². The molecule has 0 aliphatic carbocycles. The van der Waals surface area contributed by atoms with Crippen LogP contribution in [0.1, 0.15) is 26.3 Å². The van der Waals surface area contributed by atoms with Crippen LogP contribution in [0.5, 0.6) is 0 Å². The summed E-state index contributed by atoms with van der Waals surface area (Å²) in [6.45, 7) is 8.13. The predicted octanol–water partition coefficient (Wildman–Crippen LogP) is 3.61. The number of halogens is 2. The zero-order chi connectivity index (χ0) is 11.5. The van der Waals surface area contributed by atoms with Crippen molar-refractivity contribution in [2.24, 2.45) is 5.41 Å². The third kappa shape index (κ3) is 4.63. The summed E-state index contributed by atoms with van der Waals surface area (Å²) >= 11 is 5.68. The summed E-state index contributed by atoms with van der Waals surface area (Å²) in [5.74, 6) is -0.365. The zero-order valence-electron chi connectivity index (χ0n) is 9.40. The van der Waals surface area contributed by atoms with Gasteiger partial charge >= 0.3 is 0 Å². The molecule has 84 valence electrons. The van der Waals surface area contributed by atoms with Gasteiger partial charge in [0.25, 0.3) is 0 Å². The van der Waals surface area contributed by atoms with Gasteiger partial charge in [0.2, 0.25) is 0 Å². The Kier molecular flexibility index (Phi) is 4.12. The molecule has 0 unspecified atom stereocenters. The van der Waals surface area contributed by atoms with Gasteiger partial charge in [0.1, 0.15) is 5.82 Å². The fraction of sp³-hybridized carbons (Fsp3) is 0.500. The first-order valence-corrected chi connectivity index (χ1v) is 5.41. The highest BCUT2D eigenvalue weighted by atomic mass is 35.5. The van der Waals surface area contributed by atoms with Crippen molar-refractivity contribution < 1.29 is 4.39 Å². The van der Waals surface area contributed by atoms with Crippen LogP contribution in [-0.4, -0.2) is 6.54 Å². The molecule has 0 amide bonds. The molecule has 1 rings (SSSR count). The molecule has 3 heteroatoms. The lowest BCUT2D eigenvalue weighted by molar-refractivity contribution is 0.379. The van der Waals surface area contributed by atoms with Gasteiger partial charge in [-0.15, -0.1) is 0 Å². The van der Waals surface area contributed by atoms with E-state index < -0.39 is 0 Å². The van der Waals surface area contributed by atoms with Gasteiger partial charge in [-0.2, -0.15) is 0 Å². The van der Waals surface area contributed by atoms with Crippen molar-refractivity contribution in [3.8, 4) is 0 Å². The molecule has 0 heterocycles. The maximum atomic E-state index is 12.9. The van der Waals surface area contributed by atoms with Crippen LogP contribution in [0.4, 0.5) is 4.39 Å². The first-order chi connectivity index (χ1) is 6.88. The fourth-order valence-electron chi connectivity index (χ4n) is 1.23. The Morgan fingerprint density at radius 3 is 2.53 bits per heavy atom. The van der Waals surface area contributed by atoms with Crippen LogP contribution in [0.2, 0.25) is 5.02 Å². The average Bonchev–Trinajstić information content (AvgIpc) is 2.09. The third-order valence-corrected chi connectivity index (χ3v) is 2.26. The molecule has 1 aromatic carbocycles. The molecular formula is C12H17ClFN.